The van der Waals surface area contributed by atoms with Crippen LogP contribution in [0, 0.1) is 0 Å². The van der Waals surface area contributed by atoms with Gasteiger partial charge in [0.05, 0.1) is 18.5 Å². The van der Waals surface area contributed by atoms with Crippen molar-refractivity contribution in [2.75, 3.05) is 36.5 Å². The van der Waals surface area contributed by atoms with Gasteiger partial charge in [0.1, 0.15) is 5.75 Å². The molecule has 40 heavy (non-hydrogen) atoms. The van der Waals surface area contributed by atoms with E-state index < -0.39 is 18.2 Å². The first-order chi connectivity index (χ1) is 19.2. The van der Waals surface area contributed by atoms with E-state index in [1.807, 2.05) is 36.4 Å². The first-order valence-corrected chi connectivity index (χ1v) is 13.4. The molecule has 0 bridgehead atoms. The minimum atomic E-state index is -4.78. The van der Waals surface area contributed by atoms with Gasteiger partial charge in [0, 0.05) is 19.6 Å². The van der Waals surface area contributed by atoms with E-state index in [1.165, 1.54) is 41.8 Å². The van der Waals surface area contributed by atoms with Crippen LogP contribution in [0.3, 0.4) is 0 Å². The molecule has 0 spiro atoms. The Hall–Kier alpha value is -4.01. The van der Waals surface area contributed by atoms with Crippen molar-refractivity contribution in [3.05, 3.63) is 78.4 Å². The van der Waals surface area contributed by atoms with Crippen molar-refractivity contribution in [1.82, 2.24) is 0 Å². The molecule has 1 aliphatic rings. The molecule has 3 aromatic carbocycles. The van der Waals surface area contributed by atoms with Gasteiger partial charge in [0.2, 0.25) is 0 Å². The minimum Gasteiger partial charge on any atom is -0.462 e. The highest BCUT2D eigenvalue weighted by Crippen LogP contribution is 2.37. The lowest BCUT2D eigenvalue weighted by Crippen LogP contribution is -2.40. The number of unbranched alkanes of at least 4 members (excludes halogenated alkanes) is 1. The van der Waals surface area contributed by atoms with E-state index in [-0.39, 0.29) is 5.75 Å². The normalized spacial score (nSPS) is 13.6. The zero-order chi connectivity index (χ0) is 28.5. The minimum absolute atomic E-state index is 0.309. The predicted molar refractivity (Wildman–Crippen MR) is 148 cm³/mol. The molecule has 0 aromatic heterocycles. The summed E-state index contributed by atoms with van der Waals surface area (Å²) < 4.78 is 46.7. The second-order valence-electron chi connectivity index (χ2n) is 9.71. The van der Waals surface area contributed by atoms with Crippen molar-refractivity contribution in [2.45, 2.75) is 44.9 Å². The lowest BCUT2D eigenvalue weighted by molar-refractivity contribution is -0.274. The molecule has 1 fully saturated rings. The molecule has 0 radical (unpaired) electrons. The van der Waals surface area contributed by atoms with Crippen LogP contribution >= 0.6 is 0 Å². The van der Waals surface area contributed by atoms with Gasteiger partial charge in [-0.05, 0) is 79.5 Å². The van der Waals surface area contributed by atoms with Crippen molar-refractivity contribution in [3.8, 4) is 16.9 Å². The van der Waals surface area contributed by atoms with Gasteiger partial charge in [-0.2, -0.15) is 0 Å². The monoisotopic (exact) mass is 554 g/mol. The highest BCUT2D eigenvalue weighted by molar-refractivity contribution is 6.38. The lowest BCUT2D eigenvalue weighted by atomic mass is 10.0. The number of halogens is 3. The average Bonchev–Trinajstić information content (AvgIpc) is 2.97. The third kappa shape index (κ3) is 7.77. The summed E-state index contributed by atoms with van der Waals surface area (Å²) in [6.45, 7) is 1.96. The Morgan fingerprint density at radius 1 is 0.875 bits per heavy atom. The second-order valence-corrected chi connectivity index (χ2v) is 9.71. The number of amides is 1. The quantitative estimate of drug-likeness (QED) is 0.166. The maximum absolute atomic E-state index is 13.3. The van der Waals surface area contributed by atoms with Gasteiger partial charge in [0.15, 0.2) is 0 Å². The summed E-state index contributed by atoms with van der Waals surface area (Å²) >= 11 is 0. The van der Waals surface area contributed by atoms with Crippen LogP contribution in [0.4, 0.5) is 24.5 Å². The first kappa shape index (κ1) is 29.0. The van der Waals surface area contributed by atoms with Gasteiger partial charge in [-0.15, -0.1) is 13.2 Å². The molecule has 1 amide bonds. The summed E-state index contributed by atoms with van der Waals surface area (Å²) in [7, 11) is 1.18. The fourth-order valence-corrected chi connectivity index (χ4v) is 4.94. The molecule has 212 valence electrons. The molecule has 1 heterocycles. The summed E-state index contributed by atoms with van der Waals surface area (Å²) in [5.41, 5.74) is 3.95. The van der Waals surface area contributed by atoms with Crippen molar-refractivity contribution >= 4 is 23.3 Å². The zero-order valence-electron chi connectivity index (χ0n) is 22.5. The van der Waals surface area contributed by atoms with Crippen LogP contribution in [-0.4, -0.2) is 45.0 Å². The number of hydrogen-bond donors (Lipinski definition) is 0. The fourth-order valence-electron chi connectivity index (χ4n) is 4.94. The molecule has 0 unspecified atom stereocenters. The number of alkyl halides is 3. The van der Waals surface area contributed by atoms with Crippen molar-refractivity contribution < 1.29 is 32.2 Å². The van der Waals surface area contributed by atoms with Crippen LogP contribution in [0.1, 0.15) is 37.7 Å². The van der Waals surface area contributed by atoms with Crippen LogP contribution in [0.25, 0.3) is 11.1 Å². The van der Waals surface area contributed by atoms with Crippen LogP contribution in [0.5, 0.6) is 5.75 Å². The van der Waals surface area contributed by atoms with Gasteiger partial charge >= 0.3 is 18.2 Å². The summed E-state index contributed by atoms with van der Waals surface area (Å²) in [6, 6.07) is 21.2. The van der Waals surface area contributed by atoms with Gasteiger partial charge < -0.3 is 19.3 Å². The van der Waals surface area contributed by atoms with Crippen molar-refractivity contribution in [2.24, 2.45) is 0 Å². The van der Waals surface area contributed by atoms with E-state index in [0.717, 1.165) is 50.9 Å². The number of piperidine rings is 1. The smallest absolute Gasteiger partial charge is 0.462 e. The van der Waals surface area contributed by atoms with Gasteiger partial charge in [0.25, 0.3) is 0 Å². The summed E-state index contributed by atoms with van der Waals surface area (Å²) in [5, 5.41) is 0. The molecule has 1 aliphatic heterocycles. The molecule has 6 nitrogen and oxygen atoms in total. The number of aryl methyl sites for hydroxylation is 1. The Balaban J connectivity index is 1.66. The Bertz CT molecular complexity index is 1270. The number of rotatable bonds is 9. The zero-order valence-corrected chi connectivity index (χ0v) is 22.5. The largest absolute Gasteiger partial charge is 0.573 e. The molecule has 0 saturated carbocycles. The molecule has 1 saturated heterocycles. The highest BCUT2D eigenvalue weighted by Gasteiger charge is 2.31. The Morgan fingerprint density at radius 3 is 2.20 bits per heavy atom. The number of benzene rings is 3. The standard InChI is InChI=1S/C31H33F3N2O4/c1-39-30(38)29(37)36(21-9-6-12-23-10-4-2-5-11-23)28-22-25(15-18-27(28)35-19-7-3-8-20-35)24-13-16-26(17-14-24)40-31(32,33)34/h2,4-5,10-11,13-18,22H,3,6-9,12,19-21H2,1H3. The number of nitrogens with zero attached hydrogens (tertiary/aromatic N) is 2. The summed E-state index contributed by atoms with van der Waals surface area (Å²) in [6.07, 6.45) is 0.694. The third-order valence-electron chi connectivity index (χ3n) is 6.93. The predicted octanol–water partition coefficient (Wildman–Crippen LogP) is 6.77. The van der Waals surface area contributed by atoms with E-state index in [0.29, 0.717) is 29.8 Å². The van der Waals surface area contributed by atoms with E-state index in [4.69, 9.17) is 4.74 Å². The number of ether oxygens (including phenoxy) is 2. The number of hydrogen-bond acceptors (Lipinski definition) is 5. The Morgan fingerprint density at radius 2 is 1.55 bits per heavy atom. The number of methoxy groups -OCH3 is 1. The topological polar surface area (TPSA) is 59.1 Å². The number of carbonyl (C=O) groups excluding carboxylic acids is 2. The molecule has 4 rings (SSSR count). The van der Waals surface area contributed by atoms with Crippen LogP contribution in [0.2, 0.25) is 0 Å². The van der Waals surface area contributed by atoms with Gasteiger partial charge in [-0.3, -0.25) is 4.79 Å². The van der Waals surface area contributed by atoms with Crippen molar-refractivity contribution in [3.63, 3.8) is 0 Å². The van der Waals surface area contributed by atoms with E-state index in [1.54, 1.807) is 0 Å². The number of esters is 1. The third-order valence-corrected chi connectivity index (χ3v) is 6.93. The highest BCUT2D eigenvalue weighted by atomic mass is 19.4. The Kier molecular flexibility index (Phi) is 9.69. The molecular weight excluding hydrogens is 521 g/mol. The Labute approximate surface area is 232 Å². The maximum Gasteiger partial charge on any atom is 0.573 e. The molecule has 9 heteroatoms. The molecule has 0 aliphatic carbocycles. The van der Waals surface area contributed by atoms with Crippen LogP contribution in [-0.2, 0) is 20.7 Å². The average molecular weight is 555 g/mol. The summed E-state index contributed by atoms with van der Waals surface area (Å²) in [4.78, 5) is 29.4. The second kappa shape index (κ2) is 13.4. The first-order valence-electron chi connectivity index (χ1n) is 13.4. The van der Waals surface area contributed by atoms with Crippen LogP contribution in [0.15, 0.2) is 72.8 Å². The maximum atomic E-state index is 13.3. The van der Waals surface area contributed by atoms with E-state index >= 15 is 0 Å². The summed E-state index contributed by atoms with van der Waals surface area (Å²) in [5.74, 6) is -2.03. The van der Waals surface area contributed by atoms with Gasteiger partial charge in [-0.25, -0.2) is 4.79 Å². The fraction of sp³-hybridized carbons (Fsp3) is 0.355. The molecule has 3 aromatic rings. The lowest BCUT2D eigenvalue weighted by Gasteiger charge is -2.34. The molecule has 0 N–H and O–H groups in total. The number of anilines is 2. The van der Waals surface area contributed by atoms with Crippen LogP contribution < -0.4 is 14.5 Å². The van der Waals surface area contributed by atoms with E-state index in [9.17, 15) is 22.8 Å². The van der Waals surface area contributed by atoms with E-state index in [2.05, 4.69) is 21.8 Å². The SMILES string of the molecule is COC(=O)C(=O)N(CCCCc1ccccc1)c1cc(-c2ccc(OC(F)(F)F)cc2)ccc1N1CCCCC1. The number of carbonyl (C=O) groups is 2. The molecule has 0 atom stereocenters. The molecular formula is C31H33F3N2O4. The van der Waals surface area contributed by atoms with Gasteiger partial charge in [-0.1, -0.05) is 48.5 Å². The van der Waals surface area contributed by atoms with Crippen molar-refractivity contribution in [1.29, 1.82) is 0 Å².